The minimum Gasteiger partial charge on any atom is -0.236 e. The summed E-state index contributed by atoms with van der Waals surface area (Å²) in [6.45, 7) is 0. The normalized spacial score (nSPS) is 8.71. The molecular formula is C12H6F4Ti. The second kappa shape index (κ2) is 8.04. The summed E-state index contributed by atoms with van der Waals surface area (Å²) in [4.78, 5) is 0. The van der Waals surface area contributed by atoms with Crippen LogP contribution in [0, 0.1) is 35.4 Å². The van der Waals surface area contributed by atoms with Crippen molar-refractivity contribution in [3.05, 3.63) is 71.8 Å². The van der Waals surface area contributed by atoms with Crippen LogP contribution < -0.4 is 0 Å². The molecule has 86 valence electrons. The third-order valence-electron chi connectivity index (χ3n) is 1.45. The summed E-state index contributed by atoms with van der Waals surface area (Å²) < 4.78 is 47.5. The molecule has 0 N–H and O–H groups in total. The number of hydrogen-bond acceptors (Lipinski definition) is 0. The van der Waals surface area contributed by atoms with Gasteiger partial charge in [0.05, 0.1) is 0 Å². The summed E-state index contributed by atoms with van der Waals surface area (Å²) >= 11 is 0. The fraction of sp³-hybridized carbons (Fsp3) is 0. The molecule has 17 heavy (non-hydrogen) atoms. The number of hydrogen-bond donors (Lipinski definition) is 0. The predicted octanol–water partition coefficient (Wildman–Crippen LogP) is 3.53. The predicted molar refractivity (Wildman–Crippen MR) is 50.4 cm³/mol. The van der Waals surface area contributed by atoms with Crippen LogP contribution in [0.5, 0.6) is 0 Å². The van der Waals surface area contributed by atoms with E-state index in [1.165, 1.54) is 12.1 Å². The zero-order chi connectivity index (χ0) is 12.0. The maximum atomic E-state index is 11.9. The SMILES string of the molecule is Fc1[c-]c(F)ccc1.Fc1[c-]c(F)ccc1.[Ti+2]. The quantitative estimate of drug-likeness (QED) is 0.391. The average molecular weight is 274 g/mol. The van der Waals surface area contributed by atoms with Gasteiger partial charge in [-0.1, -0.05) is 0 Å². The van der Waals surface area contributed by atoms with Gasteiger partial charge in [-0.3, -0.25) is 0 Å². The molecule has 0 radical (unpaired) electrons. The van der Waals surface area contributed by atoms with Gasteiger partial charge in [-0.2, -0.15) is 12.1 Å². The van der Waals surface area contributed by atoms with Gasteiger partial charge >= 0.3 is 21.7 Å². The van der Waals surface area contributed by atoms with Crippen LogP contribution in [0.2, 0.25) is 0 Å². The number of rotatable bonds is 0. The molecular weight excluding hydrogens is 268 g/mol. The van der Waals surface area contributed by atoms with Crippen LogP contribution in [0.4, 0.5) is 17.6 Å². The van der Waals surface area contributed by atoms with E-state index in [4.69, 9.17) is 0 Å². The van der Waals surface area contributed by atoms with Crippen LogP contribution in [0.3, 0.4) is 0 Å². The van der Waals surface area contributed by atoms with E-state index in [0.29, 0.717) is 0 Å². The van der Waals surface area contributed by atoms with Crippen molar-refractivity contribution in [3.8, 4) is 0 Å². The van der Waals surface area contributed by atoms with E-state index in [1.54, 1.807) is 0 Å². The van der Waals surface area contributed by atoms with Gasteiger partial charge in [-0.15, -0.1) is 36.4 Å². The van der Waals surface area contributed by atoms with E-state index in [-0.39, 0.29) is 21.7 Å². The van der Waals surface area contributed by atoms with Crippen molar-refractivity contribution in [2.75, 3.05) is 0 Å². The summed E-state index contributed by atoms with van der Waals surface area (Å²) in [7, 11) is 0. The van der Waals surface area contributed by atoms with Crippen LogP contribution in [-0.2, 0) is 21.7 Å². The molecule has 2 aromatic rings. The molecule has 0 aliphatic rings. The Morgan fingerprint density at radius 2 is 0.824 bits per heavy atom. The summed E-state index contributed by atoms with van der Waals surface area (Å²) in [5, 5.41) is 0. The van der Waals surface area contributed by atoms with E-state index in [2.05, 4.69) is 0 Å². The van der Waals surface area contributed by atoms with Gasteiger partial charge in [0, 0.05) is 23.3 Å². The molecule has 0 atom stereocenters. The summed E-state index contributed by atoms with van der Waals surface area (Å²) in [6.07, 6.45) is 0. The van der Waals surface area contributed by atoms with Crippen molar-refractivity contribution in [1.29, 1.82) is 0 Å². The van der Waals surface area contributed by atoms with E-state index < -0.39 is 23.3 Å². The maximum absolute atomic E-state index is 11.9. The smallest absolute Gasteiger partial charge is 0.236 e. The van der Waals surface area contributed by atoms with Gasteiger partial charge in [0.1, 0.15) is 0 Å². The molecule has 0 amide bonds. The maximum Gasteiger partial charge on any atom is 2.00 e. The molecule has 0 nitrogen and oxygen atoms in total. The second-order valence-electron chi connectivity index (χ2n) is 2.69. The average Bonchev–Trinajstić information content (AvgIpc) is 2.17. The van der Waals surface area contributed by atoms with Crippen molar-refractivity contribution in [2.24, 2.45) is 0 Å². The molecule has 2 rings (SSSR count). The van der Waals surface area contributed by atoms with E-state index in [1.807, 2.05) is 12.1 Å². The van der Waals surface area contributed by atoms with Crippen molar-refractivity contribution in [2.45, 2.75) is 0 Å². The molecule has 5 heteroatoms. The van der Waals surface area contributed by atoms with Gasteiger partial charge in [-0.25, -0.2) is 17.6 Å². The first-order chi connectivity index (χ1) is 7.58. The van der Waals surface area contributed by atoms with Gasteiger partial charge < -0.3 is 0 Å². The molecule has 2 aromatic carbocycles. The first-order valence-electron chi connectivity index (χ1n) is 4.24. The summed E-state index contributed by atoms with van der Waals surface area (Å²) in [5.41, 5.74) is 0. The fourth-order valence-electron chi connectivity index (χ4n) is 0.829. The van der Waals surface area contributed by atoms with Gasteiger partial charge in [0.2, 0.25) is 0 Å². The standard InChI is InChI=1S/2C6H3F2.Ti/c2*7-5-2-1-3-6(8)4-5;/h2*1-3H;/q2*-1;+2. The van der Waals surface area contributed by atoms with Crippen LogP contribution >= 0.6 is 0 Å². The van der Waals surface area contributed by atoms with Gasteiger partial charge in [-0.05, 0) is 0 Å². The molecule has 0 bridgehead atoms. The summed E-state index contributed by atoms with van der Waals surface area (Å²) in [6, 6.07) is 10.8. The molecule has 0 spiro atoms. The first-order valence-corrected chi connectivity index (χ1v) is 4.24. The fourth-order valence-corrected chi connectivity index (χ4v) is 0.829. The Labute approximate surface area is 111 Å². The van der Waals surface area contributed by atoms with Crippen LogP contribution in [-0.4, -0.2) is 0 Å². The molecule has 0 saturated carbocycles. The van der Waals surface area contributed by atoms with Crippen LogP contribution in [0.25, 0.3) is 0 Å². The molecule has 0 saturated heterocycles. The third-order valence-corrected chi connectivity index (χ3v) is 1.45. The third kappa shape index (κ3) is 6.92. The van der Waals surface area contributed by atoms with Crippen molar-refractivity contribution in [3.63, 3.8) is 0 Å². The zero-order valence-electron chi connectivity index (χ0n) is 8.48. The minimum absolute atomic E-state index is 0. The van der Waals surface area contributed by atoms with Gasteiger partial charge in [0.25, 0.3) is 0 Å². The van der Waals surface area contributed by atoms with Crippen molar-refractivity contribution >= 4 is 0 Å². The van der Waals surface area contributed by atoms with Crippen molar-refractivity contribution in [1.82, 2.24) is 0 Å². The molecule has 0 fully saturated rings. The molecule has 0 heterocycles. The van der Waals surface area contributed by atoms with Crippen LogP contribution in [0.15, 0.2) is 36.4 Å². The largest absolute Gasteiger partial charge is 2.00 e. The monoisotopic (exact) mass is 274 g/mol. The summed E-state index contributed by atoms with van der Waals surface area (Å²) in [5.74, 6) is -2.65. The number of halogens is 4. The topological polar surface area (TPSA) is 0 Å². The van der Waals surface area contributed by atoms with Crippen molar-refractivity contribution < 1.29 is 39.3 Å². The molecule has 0 unspecified atom stereocenters. The van der Waals surface area contributed by atoms with Crippen LogP contribution in [0.1, 0.15) is 0 Å². The Kier molecular flexibility index (Phi) is 7.51. The Morgan fingerprint density at radius 3 is 0.941 bits per heavy atom. The van der Waals surface area contributed by atoms with E-state index in [9.17, 15) is 17.6 Å². The minimum atomic E-state index is -0.662. The Bertz CT molecular complexity index is 382. The zero-order valence-corrected chi connectivity index (χ0v) is 10.0. The van der Waals surface area contributed by atoms with E-state index in [0.717, 1.165) is 24.3 Å². The molecule has 0 aliphatic carbocycles. The Balaban J connectivity index is 0.000000284. The second-order valence-corrected chi connectivity index (χ2v) is 2.69. The first kappa shape index (κ1) is 15.9. The Hall–Kier alpha value is -1.13. The van der Waals surface area contributed by atoms with E-state index >= 15 is 0 Å². The Morgan fingerprint density at radius 1 is 0.588 bits per heavy atom. The molecule has 0 aromatic heterocycles. The molecule has 0 aliphatic heterocycles. The number of benzene rings is 2. The van der Waals surface area contributed by atoms with Gasteiger partial charge in [0.15, 0.2) is 0 Å².